The summed E-state index contributed by atoms with van der Waals surface area (Å²) < 4.78 is 0. The van der Waals surface area contributed by atoms with Gasteiger partial charge in [0, 0.05) is 22.7 Å². The van der Waals surface area contributed by atoms with E-state index >= 15 is 0 Å². The Morgan fingerprint density at radius 3 is 2.58 bits per heavy atom. The zero-order valence-corrected chi connectivity index (χ0v) is 9.29. The summed E-state index contributed by atoms with van der Waals surface area (Å²) in [5.74, 6) is 1.47. The zero-order chi connectivity index (χ0) is 8.97. The Labute approximate surface area is 83.6 Å². The molecule has 0 aromatic carbocycles. The molecular formula is C9H15NS2. The van der Waals surface area contributed by atoms with Crippen molar-refractivity contribution in [3.63, 3.8) is 0 Å². The average Bonchev–Trinajstić information content (AvgIpc) is 2.55. The summed E-state index contributed by atoms with van der Waals surface area (Å²) in [4.78, 5) is 5.68. The molecule has 0 radical (unpaired) electrons. The number of hydrogen-bond acceptors (Lipinski definition) is 3. The summed E-state index contributed by atoms with van der Waals surface area (Å²) >= 11 is 6.02. The van der Waals surface area contributed by atoms with Crippen molar-refractivity contribution in [3.05, 3.63) is 16.1 Å². The van der Waals surface area contributed by atoms with Crippen molar-refractivity contribution in [2.75, 3.05) is 0 Å². The first-order valence-electron chi connectivity index (χ1n) is 4.37. The molecule has 0 fully saturated rings. The number of thiazole rings is 1. The lowest BCUT2D eigenvalue weighted by molar-refractivity contribution is 0.637. The van der Waals surface area contributed by atoms with Crippen molar-refractivity contribution < 1.29 is 0 Å². The first-order chi connectivity index (χ1) is 5.81. The highest BCUT2D eigenvalue weighted by molar-refractivity contribution is 7.79. The summed E-state index contributed by atoms with van der Waals surface area (Å²) in [5.41, 5.74) is 0. The molecule has 0 saturated carbocycles. The highest BCUT2D eigenvalue weighted by atomic mass is 32.1. The molecule has 0 aliphatic carbocycles. The minimum Gasteiger partial charge on any atom is -0.249 e. The molecule has 12 heavy (non-hydrogen) atoms. The Hall–Kier alpha value is -0.0200. The smallest absolute Gasteiger partial charge is 0.0958 e. The van der Waals surface area contributed by atoms with Crippen molar-refractivity contribution in [2.24, 2.45) is 0 Å². The number of thiol groups is 1. The summed E-state index contributed by atoms with van der Waals surface area (Å²) in [7, 11) is 0. The minimum atomic E-state index is 0.656. The standard InChI is InChI=1S/C9H15NS2/c1-3-7(4-2)9-10-5-8(6-11)12-9/h5,7,11H,3-4,6H2,1-2H3. The van der Waals surface area contributed by atoms with E-state index in [1.807, 2.05) is 6.20 Å². The van der Waals surface area contributed by atoms with Gasteiger partial charge in [0.25, 0.3) is 0 Å². The van der Waals surface area contributed by atoms with E-state index in [-0.39, 0.29) is 0 Å². The fraction of sp³-hybridized carbons (Fsp3) is 0.667. The van der Waals surface area contributed by atoms with Crippen molar-refractivity contribution in [2.45, 2.75) is 38.4 Å². The van der Waals surface area contributed by atoms with E-state index in [0.29, 0.717) is 5.92 Å². The lowest BCUT2D eigenvalue weighted by Crippen LogP contribution is -1.92. The normalized spacial score (nSPS) is 11.0. The maximum absolute atomic E-state index is 4.40. The molecule has 1 heterocycles. The van der Waals surface area contributed by atoms with E-state index in [2.05, 4.69) is 31.5 Å². The van der Waals surface area contributed by atoms with Crippen molar-refractivity contribution >= 4 is 24.0 Å². The third-order valence-corrected chi connectivity index (χ3v) is 3.78. The van der Waals surface area contributed by atoms with Crippen LogP contribution in [0, 0.1) is 0 Å². The maximum Gasteiger partial charge on any atom is 0.0958 e. The molecule has 0 N–H and O–H groups in total. The summed E-state index contributed by atoms with van der Waals surface area (Å²) in [6.07, 6.45) is 4.33. The van der Waals surface area contributed by atoms with Crippen LogP contribution in [-0.2, 0) is 5.75 Å². The molecule has 1 aromatic heterocycles. The molecule has 0 aliphatic rings. The first-order valence-corrected chi connectivity index (χ1v) is 5.82. The molecule has 0 atom stereocenters. The number of aromatic nitrogens is 1. The Balaban J connectivity index is 2.72. The van der Waals surface area contributed by atoms with Gasteiger partial charge in [0.1, 0.15) is 0 Å². The third-order valence-electron chi connectivity index (χ3n) is 2.06. The third kappa shape index (κ3) is 2.23. The van der Waals surface area contributed by atoms with E-state index in [1.54, 1.807) is 11.3 Å². The molecule has 0 unspecified atom stereocenters. The molecule has 68 valence electrons. The molecule has 3 heteroatoms. The van der Waals surface area contributed by atoms with E-state index in [4.69, 9.17) is 0 Å². The van der Waals surface area contributed by atoms with Gasteiger partial charge in [-0.2, -0.15) is 12.6 Å². The van der Waals surface area contributed by atoms with Gasteiger partial charge in [0.05, 0.1) is 5.01 Å². The number of hydrogen-bond donors (Lipinski definition) is 1. The lowest BCUT2D eigenvalue weighted by Gasteiger charge is -2.06. The van der Waals surface area contributed by atoms with Gasteiger partial charge in [-0.1, -0.05) is 13.8 Å². The van der Waals surface area contributed by atoms with E-state index in [9.17, 15) is 0 Å². The van der Waals surface area contributed by atoms with E-state index < -0.39 is 0 Å². The van der Waals surface area contributed by atoms with Crippen LogP contribution in [0.25, 0.3) is 0 Å². The van der Waals surface area contributed by atoms with E-state index in [1.165, 1.54) is 22.7 Å². The van der Waals surface area contributed by atoms with Crippen LogP contribution in [0.4, 0.5) is 0 Å². The van der Waals surface area contributed by atoms with Gasteiger partial charge in [-0.15, -0.1) is 11.3 Å². The fourth-order valence-electron chi connectivity index (χ4n) is 1.22. The van der Waals surface area contributed by atoms with Gasteiger partial charge in [0.15, 0.2) is 0 Å². The van der Waals surface area contributed by atoms with Crippen LogP contribution in [0.1, 0.15) is 42.5 Å². The van der Waals surface area contributed by atoms with Crippen LogP contribution in [-0.4, -0.2) is 4.98 Å². The lowest BCUT2D eigenvalue weighted by atomic mass is 10.1. The first kappa shape index (κ1) is 10.1. The fourth-order valence-corrected chi connectivity index (χ4v) is 2.54. The van der Waals surface area contributed by atoms with Crippen LogP contribution < -0.4 is 0 Å². The summed E-state index contributed by atoms with van der Waals surface area (Å²) in [6.45, 7) is 4.44. The molecule has 0 amide bonds. The molecule has 1 rings (SSSR count). The van der Waals surface area contributed by atoms with Crippen LogP contribution in [0.3, 0.4) is 0 Å². The Kier molecular flexibility index (Phi) is 4.09. The SMILES string of the molecule is CCC(CC)c1ncc(CS)s1. The van der Waals surface area contributed by atoms with Gasteiger partial charge in [-0.3, -0.25) is 0 Å². The Bertz CT molecular complexity index is 228. The summed E-state index contributed by atoms with van der Waals surface area (Å²) in [5, 5.41) is 1.28. The highest BCUT2D eigenvalue weighted by Crippen LogP contribution is 2.27. The second-order valence-corrected chi connectivity index (χ2v) is 4.30. The molecule has 0 spiro atoms. The van der Waals surface area contributed by atoms with Crippen molar-refractivity contribution in [3.8, 4) is 0 Å². The second kappa shape index (κ2) is 4.87. The largest absolute Gasteiger partial charge is 0.249 e. The van der Waals surface area contributed by atoms with E-state index in [0.717, 1.165) is 5.75 Å². The monoisotopic (exact) mass is 201 g/mol. The van der Waals surface area contributed by atoms with Gasteiger partial charge < -0.3 is 0 Å². The van der Waals surface area contributed by atoms with Gasteiger partial charge in [0.2, 0.25) is 0 Å². The molecular weight excluding hydrogens is 186 g/mol. The molecule has 0 bridgehead atoms. The van der Waals surface area contributed by atoms with Gasteiger partial charge in [-0.25, -0.2) is 4.98 Å². The van der Waals surface area contributed by atoms with Gasteiger partial charge >= 0.3 is 0 Å². The minimum absolute atomic E-state index is 0.656. The van der Waals surface area contributed by atoms with Crippen LogP contribution >= 0.6 is 24.0 Å². The van der Waals surface area contributed by atoms with Crippen molar-refractivity contribution in [1.82, 2.24) is 4.98 Å². The number of rotatable bonds is 4. The Morgan fingerprint density at radius 2 is 2.17 bits per heavy atom. The average molecular weight is 201 g/mol. The second-order valence-electron chi connectivity index (χ2n) is 2.84. The predicted octanol–water partition coefficient (Wildman–Crippen LogP) is 3.48. The molecule has 0 saturated heterocycles. The zero-order valence-electron chi connectivity index (χ0n) is 7.58. The van der Waals surface area contributed by atoms with Gasteiger partial charge in [-0.05, 0) is 12.8 Å². The van der Waals surface area contributed by atoms with Crippen molar-refractivity contribution in [1.29, 1.82) is 0 Å². The Morgan fingerprint density at radius 1 is 1.50 bits per heavy atom. The molecule has 1 aromatic rings. The molecule has 1 nitrogen and oxygen atoms in total. The summed E-state index contributed by atoms with van der Waals surface area (Å²) in [6, 6.07) is 0. The maximum atomic E-state index is 4.40. The van der Waals surface area contributed by atoms with Crippen LogP contribution in [0.5, 0.6) is 0 Å². The van der Waals surface area contributed by atoms with Crippen LogP contribution in [0.2, 0.25) is 0 Å². The highest BCUT2D eigenvalue weighted by Gasteiger charge is 2.10. The van der Waals surface area contributed by atoms with Crippen LogP contribution in [0.15, 0.2) is 6.20 Å². The molecule has 0 aliphatic heterocycles. The quantitative estimate of drug-likeness (QED) is 0.736. The number of nitrogens with zero attached hydrogens (tertiary/aromatic N) is 1. The predicted molar refractivity (Wildman–Crippen MR) is 58.1 cm³/mol. The topological polar surface area (TPSA) is 12.9 Å².